The number of nitrogens with zero attached hydrogens (tertiary/aromatic N) is 3. The predicted molar refractivity (Wildman–Crippen MR) is 109 cm³/mol. The van der Waals surface area contributed by atoms with Crippen LogP contribution in [-0.4, -0.2) is 33.0 Å². The van der Waals surface area contributed by atoms with Crippen molar-refractivity contribution in [1.29, 1.82) is 0 Å². The molecule has 2 aromatic carbocycles. The summed E-state index contributed by atoms with van der Waals surface area (Å²) in [6, 6.07) is 21.6. The Kier molecular flexibility index (Phi) is 6.52. The third-order valence-electron chi connectivity index (χ3n) is 4.39. The minimum absolute atomic E-state index is 0.0439. The second-order valence-corrected chi connectivity index (χ2v) is 6.63. The Morgan fingerprint density at radius 2 is 1.52 bits per heavy atom. The molecule has 0 bridgehead atoms. The summed E-state index contributed by atoms with van der Waals surface area (Å²) in [5.74, 6) is -0.852. The van der Waals surface area contributed by atoms with Gasteiger partial charge in [-0.2, -0.15) is 5.10 Å². The average molecular weight is 390 g/mol. The van der Waals surface area contributed by atoms with E-state index in [2.05, 4.69) is 5.10 Å². The molecule has 0 aliphatic heterocycles. The van der Waals surface area contributed by atoms with Crippen LogP contribution in [0.4, 0.5) is 0 Å². The van der Waals surface area contributed by atoms with Gasteiger partial charge in [0.2, 0.25) is 5.91 Å². The fourth-order valence-electron chi connectivity index (χ4n) is 2.90. The topological polar surface area (TPSA) is 98.3 Å². The van der Waals surface area contributed by atoms with Crippen LogP contribution < -0.4 is 11.3 Å². The predicted octanol–water partition coefficient (Wildman–Crippen LogP) is 1.81. The fraction of sp³-hybridized carbons (Fsp3) is 0.182. The molecular formula is C22H22N4O3. The van der Waals surface area contributed by atoms with Crippen molar-refractivity contribution in [3.63, 3.8) is 0 Å². The van der Waals surface area contributed by atoms with E-state index >= 15 is 0 Å². The molecule has 0 fully saturated rings. The van der Waals surface area contributed by atoms with E-state index in [4.69, 9.17) is 5.73 Å². The molecule has 29 heavy (non-hydrogen) atoms. The lowest BCUT2D eigenvalue weighted by atomic mass is 10.2. The minimum Gasteiger partial charge on any atom is -0.370 e. The number of amides is 2. The van der Waals surface area contributed by atoms with Crippen molar-refractivity contribution in [3.8, 4) is 0 Å². The standard InChI is InChI=1S/C22H22N4O3/c23-20(27)13-14-25(15-17-7-3-1-4-8-17)22(29)19-11-12-21(28)26(24-19)16-18-9-5-2-6-10-18/h1-12H,13-16H2,(H2,23,27). The minimum atomic E-state index is -0.488. The first-order chi connectivity index (χ1) is 14.0. The van der Waals surface area contributed by atoms with Gasteiger partial charge in [-0.15, -0.1) is 0 Å². The summed E-state index contributed by atoms with van der Waals surface area (Å²) < 4.78 is 1.26. The van der Waals surface area contributed by atoms with E-state index in [-0.39, 0.29) is 36.7 Å². The first kappa shape index (κ1) is 20.0. The number of carbonyl (C=O) groups excluding carboxylic acids is 2. The summed E-state index contributed by atoms with van der Waals surface area (Å²) in [6.07, 6.45) is 0.0439. The van der Waals surface area contributed by atoms with Crippen molar-refractivity contribution in [2.24, 2.45) is 5.73 Å². The maximum Gasteiger partial charge on any atom is 0.274 e. The quantitative estimate of drug-likeness (QED) is 0.634. The molecule has 0 atom stereocenters. The molecule has 7 heteroatoms. The molecule has 0 radical (unpaired) electrons. The van der Waals surface area contributed by atoms with Crippen LogP contribution in [0.2, 0.25) is 0 Å². The molecule has 0 aliphatic rings. The Bertz CT molecular complexity index is 1030. The Hall–Kier alpha value is -3.74. The number of primary amides is 1. The Balaban J connectivity index is 1.85. The SMILES string of the molecule is NC(=O)CCN(Cc1ccccc1)C(=O)c1ccc(=O)n(Cc2ccccc2)n1. The van der Waals surface area contributed by atoms with Crippen LogP contribution >= 0.6 is 0 Å². The zero-order chi connectivity index (χ0) is 20.6. The summed E-state index contributed by atoms with van der Waals surface area (Å²) in [4.78, 5) is 38.0. The summed E-state index contributed by atoms with van der Waals surface area (Å²) in [6.45, 7) is 0.746. The van der Waals surface area contributed by atoms with Gasteiger partial charge < -0.3 is 10.6 Å². The molecule has 1 heterocycles. The monoisotopic (exact) mass is 390 g/mol. The molecule has 2 N–H and O–H groups in total. The summed E-state index contributed by atoms with van der Waals surface area (Å²) >= 11 is 0. The second-order valence-electron chi connectivity index (χ2n) is 6.63. The Morgan fingerprint density at radius 3 is 2.14 bits per heavy atom. The second kappa shape index (κ2) is 9.45. The number of benzene rings is 2. The average Bonchev–Trinajstić information content (AvgIpc) is 2.73. The molecule has 7 nitrogen and oxygen atoms in total. The highest BCUT2D eigenvalue weighted by Gasteiger charge is 2.19. The lowest BCUT2D eigenvalue weighted by Gasteiger charge is -2.22. The van der Waals surface area contributed by atoms with E-state index in [1.807, 2.05) is 60.7 Å². The van der Waals surface area contributed by atoms with E-state index in [0.29, 0.717) is 6.54 Å². The molecule has 0 unspecified atom stereocenters. The van der Waals surface area contributed by atoms with Gasteiger partial charge in [0, 0.05) is 25.6 Å². The largest absolute Gasteiger partial charge is 0.370 e. The molecule has 3 aromatic rings. The molecule has 0 saturated carbocycles. The number of nitrogens with two attached hydrogens (primary N) is 1. The molecule has 0 aliphatic carbocycles. The molecule has 2 amide bonds. The first-order valence-corrected chi connectivity index (χ1v) is 9.26. The Morgan fingerprint density at radius 1 is 0.897 bits per heavy atom. The van der Waals surface area contributed by atoms with Gasteiger partial charge in [-0.25, -0.2) is 4.68 Å². The zero-order valence-corrected chi connectivity index (χ0v) is 15.9. The lowest BCUT2D eigenvalue weighted by molar-refractivity contribution is -0.118. The van der Waals surface area contributed by atoms with E-state index in [1.54, 1.807) is 0 Å². The van der Waals surface area contributed by atoms with Gasteiger partial charge in [-0.05, 0) is 17.2 Å². The van der Waals surface area contributed by atoms with Crippen LogP contribution in [0.5, 0.6) is 0 Å². The maximum atomic E-state index is 13.1. The van der Waals surface area contributed by atoms with Crippen molar-refractivity contribution < 1.29 is 9.59 Å². The highest BCUT2D eigenvalue weighted by molar-refractivity contribution is 5.92. The zero-order valence-electron chi connectivity index (χ0n) is 15.9. The first-order valence-electron chi connectivity index (χ1n) is 9.26. The van der Waals surface area contributed by atoms with E-state index in [9.17, 15) is 14.4 Å². The molecule has 148 valence electrons. The Labute approximate surface area is 168 Å². The lowest BCUT2D eigenvalue weighted by Crippen LogP contribution is -2.35. The number of carbonyl (C=O) groups is 2. The van der Waals surface area contributed by atoms with Crippen LogP contribution in [0.1, 0.15) is 28.0 Å². The van der Waals surface area contributed by atoms with Crippen molar-refractivity contribution in [2.75, 3.05) is 6.54 Å². The van der Waals surface area contributed by atoms with Gasteiger partial charge in [0.15, 0.2) is 0 Å². The highest BCUT2D eigenvalue weighted by atomic mass is 16.2. The number of aromatic nitrogens is 2. The molecule has 0 saturated heterocycles. The fourth-order valence-corrected chi connectivity index (χ4v) is 2.90. The van der Waals surface area contributed by atoms with Crippen LogP contribution in [0, 0.1) is 0 Å². The third-order valence-corrected chi connectivity index (χ3v) is 4.39. The van der Waals surface area contributed by atoms with Crippen LogP contribution in [0.25, 0.3) is 0 Å². The van der Waals surface area contributed by atoms with E-state index in [1.165, 1.54) is 21.7 Å². The van der Waals surface area contributed by atoms with Crippen molar-refractivity contribution >= 4 is 11.8 Å². The van der Waals surface area contributed by atoms with Crippen LogP contribution in [-0.2, 0) is 17.9 Å². The van der Waals surface area contributed by atoms with Gasteiger partial charge >= 0.3 is 0 Å². The molecule has 0 spiro atoms. The summed E-state index contributed by atoms with van der Waals surface area (Å²) in [5, 5.41) is 4.25. The molecule has 1 aromatic heterocycles. The maximum absolute atomic E-state index is 13.1. The number of hydrogen-bond donors (Lipinski definition) is 1. The van der Waals surface area contributed by atoms with Gasteiger partial charge in [0.1, 0.15) is 5.69 Å². The van der Waals surface area contributed by atoms with E-state index in [0.717, 1.165) is 11.1 Å². The van der Waals surface area contributed by atoms with Crippen molar-refractivity contribution in [1.82, 2.24) is 14.7 Å². The normalized spacial score (nSPS) is 10.5. The van der Waals surface area contributed by atoms with Gasteiger partial charge in [-0.3, -0.25) is 14.4 Å². The van der Waals surface area contributed by atoms with Crippen LogP contribution in [0.15, 0.2) is 77.6 Å². The number of hydrogen-bond acceptors (Lipinski definition) is 4. The van der Waals surface area contributed by atoms with Crippen LogP contribution in [0.3, 0.4) is 0 Å². The number of rotatable bonds is 8. The van der Waals surface area contributed by atoms with E-state index < -0.39 is 5.91 Å². The van der Waals surface area contributed by atoms with Gasteiger partial charge in [-0.1, -0.05) is 60.7 Å². The molecular weight excluding hydrogens is 368 g/mol. The summed E-state index contributed by atoms with van der Waals surface area (Å²) in [7, 11) is 0. The van der Waals surface area contributed by atoms with Crippen molar-refractivity contribution in [2.45, 2.75) is 19.5 Å². The molecule has 3 rings (SSSR count). The highest BCUT2D eigenvalue weighted by Crippen LogP contribution is 2.09. The third kappa shape index (κ3) is 5.62. The van der Waals surface area contributed by atoms with Gasteiger partial charge in [0.05, 0.1) is 6.54 Å². The summed E-state index contributed by atoms with van der Waals surface area (Å²) in [5.41, 5.74) is 6.93. The van der Waals surface area contributed by atoms with Crippen molar-refractivity contribution in [3.05, 3.63) is 100.0 Å². The smallest absolute Gasteiger partial charge is 0.274 e. The van der Waals surface area contributed by atoms with Gasteiger partial charge in [0.25, 0.3) is 11.5 Å².